The van der Waals surface area contributed by atoms with Crippen LogP contribution in [-0.2, 0) is 12.8 Å². The summed E-state index contributed by atoms with van der Waals surface area (Å²) in [7, 11) is 0. The van der Waals surface area contributed by atoms with Crippen LogP contribution in [0.5, 0.6) is 0 Å². The lowest BCUT2D eigenvalue weighted by molar-refractivity contribution is 0.919. The number of aromatic nitrogens is 4. The topological polar surface area (TPSA) is 66.5 Å². The van der Waals surface area contributed by atoms with Gasteiger partial charge in [-0.2, -0.15) is 0 Å². The molecular formula is C15H16ClN5S. The maximum Gasteiger partial charge on any atom is 0.134 e. The molecule has 0 aliphatic carbocycles. The highest BCUT2D eigenvalue weighted by Gasteiger charge is 2.09. The van der Waals surface area contributed by atoms with Crippen molar-refractivity contribution in [2.45, 2.75) is 19.8 Å². The Bertz CT molecular complexity index is 738. The van der Waals surface area contributed by atoms with Crippen LogP contribution in [0.25, 0.3) is 10.6 Å². The summed E-state index contributed by atoms with van der Waals surface area (Å²) in [6, 6.07) is 5.86. The molecule has 3 aromatic rings. The lowest BCUT2D eigenvalue weighted by Gasteiger charge is -2.07. The van der Waals surface area contributed by atoms with E-state index in [1.54, 1.807) is 23.7 Å². The molecule has 0 bridgehead atoms. The lowest BCUT2D eigenvalue weighted by atomic mass is 10.2. The number of anilines is 1. The molecule has 114 valence electrons. The van der Waals surface area contributed by atoms with E-state index in [0.717, 1.165) is 42.4 Å². The van der Waals surface area contributed by atoms with Gasteiger partial charge in [-0.05, 0) is 11.4 Å². The van der Waals surface area contributed by atoms with Crippen LogP contribution in [0, 0.1) is 0 Å². The number of hydrogen-bond donors (Lipinski definition) is 2. The second-order valence-corrected chi connectivity index (χ2v) is 6.06. The highest BCUT2D eigenvalue weighted by Crippen LogP contribution is 2.25. The summed E-state index contributed by atoms with van der Waals surface area (Å²) in [5, 5.41) is 5.82. The molecule has 7 heteroatoms. The van der Waals surface area contributed by atoms with E-state index >= 15 is 0 Å². The molecule has 3 aromatic heterocycles. The van der Waals surface area contributed by atoms with Gasteiger partial charge in [0.25, 0.3) is 0 Å². The summed E-state index contributed by atoms with van der Waals surface area (Å²) in [5.41, 5.74) is 2.14. The number of aromatic amines is 1. The first kappa shape index (κ1) is 15.0. The van der Waals surface area contributed by atoms with Crippen LogP contribution in [0.15, 0.2) is 29.9 Å². The zero-order valence-corrected chi connectivity index (χ0v) is 13.7. The van der Waals surface area contributed by atoms with Crippen LogP contribution in [0.4, 0.5) is 5.82 Å². The molecule has 3 rings (SSSR count). The fraction of sp³-hybridized carbons (Fsp3) is 0.267. The number of nitrogens with one attached hydrogen (secondary N) is 2. The van der Waals surface area contributed by atoms with Crippen molar-refractivity contribution in [3.8, 4) is 10.6 Å². The molecule has 22 heavy (non-hydrogen) atoms. The minimum absolute atomic E-state index is 0.468. The molecule has 0 fully saturated rings. The Balaban J connectivity index is 1.65. The SMILES string of the molecule is CCc1nc(Cl)cc(NCCc2[nH]cnc2-c2cccs2)n1. The monoisotopic (exact) mass is 333 g/mol. The fourth-order valence-corrected chi connectivity index (χ4v) is 3.12. The third kappa shape index (κ3) is 3.45. The van der Waals surface area contributed by atoms with Crippen molar-refractivity contribution in [2.75, 3.05) is 11.9 Å². The minimum Gasteiger partial charge on any atom is -0.370 e. The number of aryl methyl sites for hydroxylation is 1. The second-order valence-electron chi connectivity index (χ2n) is 4.73. The lowest BCUT2D eigenvalue weighted by Crippen LogP contribution is -2.08. The van der Waals surface area contributed by atoms with Crippen molar-refractivity contribution in [3.63, 3.8) is 0 Å². The van der Waals surface area contributed by atoms with E-state index in [0.29, 0.717) is 5.15 Å². The second kappa shape index (κ2) is 6.89. The predicted octanol–water partition coefficient (Wildman–Crippen LogP) is 3.80. The van der Waals surface area contributed by atoms with Crippen molar-refractivity contribution >= 4 is 28.8 Å². The number of hydrogen-bond acceptors (Lipinski definition) is 5. The van der Waals surface area contributed by atoms with E-state index in [4.69, 9.17) is 11.6 Å². The van der Waals surface area contributed by atoms with Crippen molar-refractivity contribution < 1.29 is 0 Å². The molecule has 5 nitrogen and oxygen atoms in total. The molecule has 0 aromatic carbocycles. The van der Waals surface area contributed by atoms with Crippen molar-refractivity contribution in [2.24, 2.45) is 0 Å². The summed E-state index contributed by atoms with van der Waals surface area (Å²) in [6.45, 7) is 2.75. The van der Waals surface area contributed by atoms with Gasteiger partial charge in [-0.25, -0.2) is 15.0 Å². The standard InChI is InChI=1S/C15H16ClN5S/c1-2-13-20-12(16)8-14(21-13)17-6-5-10-15(19-9-18-10)11-4-3-7-22-11/h3-4,7-9H,2,5-6H2,1H3,(H,18,19)(H,17,20,21). The Kier molecular flexibility index (Phi) is 4.70. The molecule has 2 N–H and O–H groups in total. The summed E-state index contributed by atoms with van der Waals surface area (Å²) >= 11 is 7.68. The molecule has 0 aliphatic heterocycles. The Hall–Kier alpha value is -1.92. The molecule has 0 aliphatic rings. The number of rotatable bonds is 6. The Morgan fingerprint density at radius 1 is 1.36 bits per heavy atom. The van der Waals surface area contributed by atoms with E-state index in [9.17, 15) is 0 Å². The van der Waals surface area contributed by atoms with Gasteiger partial charge in [-0.15, -0.1) is 11.3 Å². The van der Waals surface area contributed by atoms with Gasteiger partial charge in [0.1, 0.15) is 22.5 Å². The zero-order chi connectivity index (χ0) is 15.4. The van der Waals surface area contributed by atoms with E-state index in [1.165, 1.54) is 4.88 Å². The summed E-state index contributed by atoms with van der Waals surface area (Å²) in [4.78, 5) is 17.4. The molecule has 0 atom stereocenters. The molecule has 0 unspecified atom stereocenters. The van der Waals surface area contributed by atoms with Crippen molar-refractivity contribution in [1.82, 2.24) is 19.9 Å². The maximum absolute atomic E-state index is 5.99. The predicted molar refractivity (Wildman–Crippen MR) is 90.5 cm³/mol. The Labute approximate surface area is 137 Å². The number of halogens is 1. The highest BCUT2D eigenvalue weighted by molar-refractivity contribution is 7.13. The van der Waals surface area contributed by atoms with E-state index in [2.05, 4.69) is 36.7 Å². The number of thiophene rings is 1. The number of H-pyrrole nitrogens is 1. The third-order valence-electron chi connectivity index (χ3n) is 3.21. The third-order valence-corrected chi connectivity index (χ3v) is 4.28. The first-order chi connectivity index (χ1) is 10.8. The van der Waals surface area contributed by atoms with Crippen LogP contribution in [0.2, 0.25) is 5.15 Å². The Morgan fingerprint density at radius 3 is 3.05 bits per heavy atom. The van der Waals surface area contributed by atoms with Gasteiger partial charge in [0, 0.05) is 31.1 Å². The van der Waals surface area contributed by atoms with Crippen molar-refractivity contribution in [3.05, 3.63) is 46.6 Å². The van der Waals surface area contributed by atoms with Gasteiger partial charge in [0.2, 0.25) is 0 Å². The molecule has 0 spiro atoms. The normalized spacial score (nSPS) is 10.8. The van der Waals surface area contributed by atoms with Gasteiger partial charge in [-0.1, -0.05) is 24.6 Å². The van der Waals surface area contributed by atoms with Crippen LogP contribution in [0.3, 0.4) is 0 Å². The smallest absolute Gasteiger partial charge is 0.134 e. The summed E-state index contributed by atoms with van der Waals surface area (Å²) in [5.74, 6) is 1.50. The van der Waals surface area contributed by atoms with Gasteiger partial charge < -0.3 is 10.3 Å². The van der Waals surface area contributed by atoms with Gasteiger partial charge in [0.05, 0.1) is 11.2 Å². The molecular weight excluding hydrogens is 318 g/mol. The van der Waals surface area contributed by atoms with Crippen LogP contribution in [0.1, 0.15) is 18.4 Å². The summed E-state index contributed by atoms with van der Waals surface area (Å²) in [6.07, 6.45) is 3.33. The minimum atomic E-state index is 0.468. The zero-order valence-electron chi connectivity index (χ0n) is 12.1. The van der Waals surface area contributed by atoms with Gasteiger partial charge in [-0.3, -0.25) is 0 Å². The maximum atomic E-state index is 5.99. The molecule has 0 saturated heterocycles. The fourth-order valence-electron chi connectivity index (χ4n) is 2.17. The van der Waals surface area contributed by atoms with E-state index in [-0.39, 0.29) is 0 Å². The summed E-state index contributed by atoms with van der Waals surface area (Å²) < 4.78 is 0. The number of imidazole rings is 1. The number of nitrogens with zero attached hydrogens (tertiary/aromatic N) is 3. The first-order valence-corrected chi connectivity index (χ1v) is 8.35. The first-order valence-electron chi connectivity index (χ1n) is 7.09. The van der Waals surface area contributed by atoms with E-state index < -0.39 is 0 Å². The molecule has 0 amide bonds. The van der Waals surface area contributed by atoms with Gasteiger partial charge in [0.15, 0.2) is 0 Å². The van der Waals surface area contributed by atoms with E-state index in [1.807, 2.05) is 13.0 Å². The largest absolute Gasteiger partial charge is 0.370 e. The average molecular weight is 334 g/mol. The molecule has 0 radical (unpaired) electrons. The molecule has 3 heterocycles. The van der Waals surface area contributed by atoms with Gasteiger partial charge >= 0.3 is 0 Å². The van der Waals surface area contributed by atoms with Crippen LogP contribution >= 0.6 is 22.9 Å². The highest BCUT2D eigenvalue weighted by atomic mass is 35.5. The molecule has 0 saturated carbocycles. The van der Waals surface area contributed by atoms with Crippen LogP contribution in [-0.4, -0.2) is 26.5 Å². The Morgan fingerprint density at radius 2 is 2.27 bits per heavy atom. The quantitative estimate of drug-likeness (QED) is 0.673. The van der Waals surface area contributed by atoms with Crippen molar-refractivity contribution in [1.29, 1.82) is 0 Å². The average Bonchev–Trinajstić information content (AvgIpc) is 3.17. The van der Waals surface area contributed by atoms with Crippen LogP contribution < -0.4 is 5.32 Å².